The fourth-order valence-corrected chi connectivity index (χ4v) is 4.60. The maximum atomic E-state index is 13.5. The summed E-state index contributed by atoms with van der Waals surface area (Å²) >= 11 is 0. The molecule has 33 heavy (non-hydrogen) atoms. The van der Waals surface area contributed by atoms with Crippen molar-refractivity contribution in [2.75, 3.05) is 25.0 Å². The number of likely N-dealkylation sites (tertiary alicyclic amines) is 1. The summed E-state index contributed by atoms with van der Waals surface area (Å²) < 4.78 is 0. The molecule has 1 saturated heterocycles. The maximum absolute atomic E-state index is 13.5. The molecule has 1 unspecified atom stereocenters. The first kappa shape index (κ1) is 22.3. The summed E-state index contributed by atoms with van der Waals surface area (Å²) in [4.78, 5) is 41.4. The van der Waals surface area contributed by atoms with Gasteiger partial charge in [0.1, 0.15) is 6.04 Å². The average molecular weight is 450 g/mol. The molecule has 0 aliphatic carbocycles. The second kappa shape index (κ2) is 9.32. The van der Waals surface area contributed by atoms with E-state index < -0.39 is 12.0 Å². The van der Waals surface area contributed by atoms with Crippen LogP contribution < -0.4 is 11.1 Å². The van der Waals surface area contributed by atoms with Crippen LogP contribution in [0.1, 0.15) is 40.4 Å². The van der Waals surface area contributed by atoms with Gasteiger partial charge < -0.3 is 26.0 Å². The molecule has 0 saturated carbocycles. The zero-order valence-electron chi connectivity index (χ0n) is 18.2. The van der Waals surface area contributed by atoms with Gasteiger partial charge in [-0.05, 0) is 54.7 Å². The lowest BCUT2D eigenvalue weighted by atomic mass is 9.88. The van der Waals surface area contributed by atoms with Crippen molar-refractivity contribution in [2.45, 2.75) is 25.3 Å². The van der Waals surface area contributed by atoms with E-state index in [1.165, 1.54) is 12.1 Å². The smallest absolute Gasteiger partial charge is 0.335 e. The largest absolute Gasteiger partial charge is 0.478 e. The Bertz CT molecular complexity index is 1080. The molecule has 0 spiro atoms. The van der Waals surface area contributed by atoms with Gasteiger partial charge in [0.25, 0.3) is 5.91 Å². The Labute approximate surface area is 191 Å². The summed E-state index contributed by atoms with van der Waals surface area (Å²) in [7, 11) is 0. The van der Waals surface area contributed by atoms with E-state index in [9.17, 15) is 14.4 Å². The van der Waals surface area contributed by atoms with Crippen molar-refractivity contribution in [3.8, 4) is 0 Å². The predicted octanol–water partition coefficient (Wildman–Crippen LogP) is 2.05. The monoisotopic (exact) mass is 449 g/mol. The lowest BCUT2D eigenvalue weighted by Gasteiger charge is -2.40. The molecule has 2 aromatic carbocycles. The van der Waals surface area contributed by atoms with Crippen LogP contribution in [-0.4, -0.2) is 58.3 Å². The van der Waals surface area contributed by atoms with Gasteiger partial charge in [-0.15, -0.1) is 0 Å². The van der Waals surface area contributed by atoms with E-state index in [0.29, 0.717) is 44.6 Å². The molecular formula is C24H27N5O4. The number of carbonyl (C=O) groups excluding carboxylic acids is 2. The predicted molar refractivity (Wildman–Crippen MR) is 123 cm³/mol. The minimum atomic E-state index is -1.04. The number of anilines is 1. The van der Waals surface area contributed by atoms with Crippen LogP contribution in [0.15, 0.2) is 48.5 Å². The standard InChI is InChI=1S/C24H27N5O4/c25-24(26)28-12-9-16(10-13-28)22(31)29-14-11-15-3-1-2-4-19(15)20(29)21(30)27-18-7-5-17(6-8-18)23(32)33/h1-8,16,20H,9-14H2,(H3,25,26)(H,27,30)(H,32,33). The summed E-state index contributed by atoms with van der Waals surface area (Å²) in [6, 6.07) is 12.8. The van der Waals surface area contributed by atoms with Crippen LogP contribution in [0.25, 0.3) is 0 Å². The van der Waals surface area contributed by atoms with Crippen LogP contribution >= 0.6 is 0 Å². The Balaban J connectivity index is 1.56. The summed E-state index contributed by atoms with van der Waals surface area (Å²) in [6.45, 7) is 1.53. The van der Waals surface area contributed by atoms with Crippen molar-refractivity contribution in [2.24, 2.45) is 11.7 Å². The molecule has 0 bridgehead atoms. The molecule has 9 nitrogen and oxygen atoms in total. The molecule has 1 atom stereocenters. The highest BCUT2D eigenvalue weighted by Gasteiger charge is 2.39. The highest BCUT2D eigenvalue weighted by Crippen LogP contribution is 2.33. The van der Waals surface area contributed by atoms with Crippen LogP contribution in [0, 0.1) is 11.3 Å². The van der Waals surface area contributed by atoms with Crippen LogP contribution in [0.4, 0.5) is 5.69 Å². The number of nitrogens with zero attached hydrogens (tertiary/aromatic N) is 2. The molecule has 2 aliphatic rings. The van der Waals surface area contributed by atoms with Gasteiger partial charge in [0.05, 0.1) is 5.56 Å². The number of nitrogens with one attached hydrogen (secondary N) is 2. The maximum Gasteiger partial charge on any atom is 0.335 e. The molecule has 9 heteroatoms. The Hall–Kier alpha value is -3.88. The molecule has 0 aromatic heterocycles. The normalized spacial score (nSPS) is 18.4. The van der Waals surface area contributed by atoms with Crippen LogP contribution in [0.2, 0.25) is 0 Å². The lowest BCUT2D eigenvalue weighted by molar-refractivity contribution is -0.144. The van der Waals surface area contributed by atoms with Gasteiger partial charge in [0.2, 0.25) is 5.91 Å². The molecule has 4 rings (SSSR count). The number of fused-ring (bicyclic) bond motifs is 1. The molecule has 2 amide bonds. The Morgan fingerprint density at radius 1 is 1.00 bits per heavy atom. The van der Waals surface area contributed by atoms with E-state index in [1.54, 1.807) is 21.9 Å². The SMILES string of the molecule is N=C(N)N1CCC(C(=O)N2CCc3ccccc3C2C(=O)Nc2ccc(C(=O)O)cc2)CC1. The van der Waals surface area contributed by atoms with Crippen molar-refractivity contribution in [3.05, 3.63) is 65.2 Å². The van der Waals surface area contributed by atoms with Crippen molar-refractivity contribution < 1.29 is 19.5 Å². The summed E-state index contributed by atoms with van der Waals surface area (Å²) in [5, 5.41) is 19.5. The van der Waals surface area contributed by atoms with E-state index in [4.69, 9.17) is 16.2 Å². The van der Waals surface area contributed by atoms with Crippen LogP contribution in [0.5, 0.6) is 0 Å². The number of rotatable bonds is 4. The third-order valence-corrected chi connectivity index (χ3v) is 6.40. The molecule has 1 fully saturated rings. The van der Waals surface area contributed by atoms with Gasteiger partial charge in [-0.2, -0.15) is 0 Å². The minimum absolute atomic E-state index is 0.0129. The Morgan fingerprint density at radius 3 is 2.30 bits per heavy atom. The number of aromatic carboxylic acids is 1. The average Bonchev–Trinajstić information content (AvgIpc) is 2.83. The first-order valence-corrected chi connectivity index (χ1v) is 11.0. The van der Waals surface area contributed by atoms with Crippen molar-refractivity contribution in [3.63, 3.8) is 0 Å². The third kappa shape index (κ3) is 4.67. The molecule has 2 aromatic rings. The number of hydrogen-bond acceptors (Lipinski definition) is 4. The van der Waals surface area contributed by atoms with Gasteiger partial charge in [-0.25, -0.2) is 4.79 Å². The molecule has 5 N–H and O–H groups in total. The zero-order valence-corrected chi connectivity index (χ0v) is 18.2. The fraction of sp³-hybridized carbons (Fsp3) is 0.333. The van der Waals surface area contributed by atoms with Crippen LogP contribution in [0.3, 0.4) is 0 Å². The number of benzene rings is 2. The first-order valence-electron chi connectivity index (χ1n) is 11.0. The second-order valence-corrected chi connectivity index (χ2v) is 8.40. The molecule has 172 valence electrons. The van der Waals surface area contributed by atoms with Gasteiger partial charge in [0.15, 0.2) is 5.96 Å². The topological polar surface area (TPSA) is 140 Å². The van der Waals surface area contributed by atoms with Gasteiger partial charge in [-0.1, -0.05) is 24.3 Å². The second-order valence-electron chi connectivity index (χ2n) is 8.40. The van der Waals surface area contributed by atoms with E-state index in [2.05, 4.69) is 5.32 Å². The molecule has 2 heterocycles. The van der Waals surface area contributed by atoms with Crippen molar-refractivity contribution >= 4 is 29.4 Å². The number of piperidine rings is 1. The van der Waals surface area contributed by atoms with E-state index in [0.717, 1.165) is 11.1 Å². The molecule has 0 radical (unpaired) electrons. The Kier molecular flexibility index (Phi) is 6.30. The number of carboxylic acid groups (broad SMARTS) is 1. The highest BCUT2D eigenvalue weighted by molar-refractivity contribution is 5.99. The number of guanidine groups is 1. The number of carboxylic acids is 1. The quantitative estimate of drug-likeness (QED) is 0.416. The Morgan fingerprint density at radius 2 is 1.67 bits per heavy atom. The van der Waals surface area contributed by atoms with Crippen molar-refractivity contribution in [1.29, 1.82) is 5.41 Å². The zero-order chi connectivity index (χ0) is 23.5. The summed E-state index contributed by atoms with van der Waals surface area (Å²) in [6.07, 6.45) is 1.84. The lowest BCUT2D eigenvalue weighted by Crippen LogP contribution is -2.50. The van der Waals surface area contributed by atoms with E-state index in [-0.39, 0.29) is 29.3 Å². The van der Waals surface area contributed by atoms with E-state index >= 15 is 0 Å². The highest BCUT2D eigenvalue weighted by atomic mass is 16.4. The van der Waals surface area contributed by atoms with Crippen molar-refractivity contribution in [1.82, 2.24) is 9.80 Å². The molecular weight excluding hydrogens is 422 g/mol. The minimum Gasteiger partial charge on any atom is -0.478 e. The van der Waals surface area contributed by atoms with Gasteiger partial charge in [0, 0.05) is 31.2 Å². The van der Waals surface area contributed by atoms with Gasteiger partial charge in [-0.3, -0.25) is 15.0 Å². The number of carbonyl (C=O) groups is 3. The summed E-state index contributed by atoms with van der Waals surface area (Å²) in [5.41, 5.74) is 8.01. The first-order chi connectivity index (χ1) is 15.8. The summed E-state index contributed by atoms with van der Waals surface area (Å²) in [5.74, 6) is -1.65. The molecule has 2 aliphatic heterocycles. The van der Waals surface area contributed by atoms with E-state index in [1.807, 2.05) is 24.3 Å². The van der Waals surface area contributed by atoms with Gasteiger partial charge >= 0.3 is 5.97 Å². The number of nitrogens with two attached hydrogens (primary N) is 1. The number of amides is 2. The fourth-order valence-electron chi connectivity index (χ4n) is 4.60. The van der Waals surface area contributed by atoms with Crippen LogP contribution in [-0.2, 0) is 16.0 Å². The third-order valence-electron chi connectivity index (χ3n) is 6.40. The number of hydrogen-bond donors (Lipinski definition) is 4.